The first-order valence-corrected chi connectivity index (χ1v) is 6.78. The molecule has 19 heavy (non-hydrogen) atoms. The molecule has 1 saturated carbocycles. The zero-order valence-corrected chi connectivity index (χ0v) is 11.8. The van der Waals surface area contributed by atoms with Crippen molar-refractivity contribution in [1.29, 1.82) is 0 Å². The molecule has 0 unspecified atom stereocenters. The average Bonchev–Trinajstić information content (AvgIpc) is 3.17. The monoisotopic (exact) mass is 327 g/mol. The molecule has 2 N–H and O–H groups in total. The van der Waals surface area contributed by atoms with Crippen molar-refractivity contribution in [2.75, 3.05) is 13.2 Å². The lowest BCUT2D eigenvalue weighted by Gasteiger charge is -2.09. The maximum atomic E-state index is 11.5. The van der Waals surface area contributed by atoms with Gasteiger partial charge >= 0.3 is 5.97 Å². The van der Waals surface area contributed by atoms with E-state index in [1.54, 1.807) is 6.07 Å². The van der Waals surface area contributed by atoms with Crippen LogP contribution in [0.5, 0.6) is 5.75 Å². The number of amides is 1. The summed E-state index contributed by atoms with van der Waals surface area (Å²) >= 11 is 3.24. The van der Waals surface area contributed by atoms with Crippen molar-refractivity contribution in [3.8, 4) is 5.75 Å². The van der Waals surface area contributed by atoms with Gasteiger partial charge in [0, 0.05) is 11.0 Å². The van der Waals surface area contributed by atoms with E-state index in [4.69, 9.17) is 9.84 Å². The van der Waals surface area contributed by atoms with Crippen LogP contribution in [0.25, 0.3) is 0 Å². The van der Waals surface area contributed by atoms with Crippen LogP contribution in [0.3, 0.4) is 0 Å². The summed E-state index contributed by atoms with van der Waals surface area (Å²) in [5.74, 6) is -0.531. The normalized spacial score (nSPS) is 13.9. The van der Waals surface area contributed by atoms with Gasteiger partial charge in [0.05, 0.1) is 0 Å². The highest BCUT2D eigenvalue weighted by atomic mass is 79.9. The minimum Gasteiger partial charge on any atom is -0.483 e. The van der Waals surface area contributed by atoms with E-state index in [1.807, 2.05) is 0 Å². The Balaban J connectivity index is 1.91. The van der Waals surface area contributed by atoms with Crippen molar-refractivity contribution in [2.24, 2.45) is 5.92 Å². The number of halogens is 1. The van der Waals surface area contributed by atoms with Gasteiger partial charge in [0.2, 0.25) is 0 Å². The number of benzene rings is 1. The van der Waals surface area contributed by atoms with Crippen LogP contribution >= 0.6 is 15.9 Å². The number of ether oxygens (including phenoxy) is 1. The van der Waals surface area contributed by atoms with Crippen molar-refractivity contribution in [2.45, 2.75) is 12.8 Å². The number of carboxylic acids is 1. The molecule has 0 radical (unpaired) electrons. The zero-order valence-electron chi connectivity index (χ0n) is 10.2. The van der Waals surface area contributed by atoms with Crippen LogP contribution < -0.4 is 10.1 Å². The first-order chi connectivity index (χ1) is 9.06. The Morgan fingerprint density at radius 1 is 1.42 bits per heavy atom. The number of hydrogen-bond acceptors (Lipinski definition) is 3. The second-order valence-corrected chi connectivity index (χ2v) is 5.40. The molecule has 6 heteroatoms. The summed E-state index contributed by atoms with van der Waals surface area (Å²) in [5, 5.41) is 11.8. The van der Waals surface area contributed by atoms with Crippen molar-refractivity contribution < 1.29 is 19.4 Å². The molecule has 1 aromatic rings. The highest BCUT2D eigenvalue weighted by Crippen LogP contribution is 2.27. The van der Waals surface area contributed by atoms with Gasteiger partial charge in [-0.15, -0.1) is 0 Å². The van der Waals surface area contributed by atoms with Crippen molar-refractivity contribution in [3.05, 3.63) is 28.2 Å². The summed E-state index contributed by atoms with van der Waals surface area (Å²) in [6.45, 7) is 0.496. The Kier molecular flexibility index (Phi) is 4.42. The fourth-order valence-corrected chi connectivity index (χ4v) is 1.91. The summed E-state index contributed by atoms with van der Waals surface area (Å²) in [7, 11) is 0. The Labute approximate surface area is 119 Å². The molecule has 0 heterocycles. The van der Waals surface area contributed by atoms with Crippen molar-refractivity contribution in [1.82, 2.24) is 5.32 Å². The molecule has 1 aliphatic rings. The Hall–Kier alpha value is -1.56. The van der Waals surface area contributed by atoms with E-state index in [0.717, 1.165) is 12.8 Å². The molecule has 1 aromatic carbocycles. The van der Waals surface area contributed by atoms with Gasteiger partial charge in [-0.05, 0) is 37.0 Å². The van der Waals surface area contributed by atoms with Crippen LogP contribution in [-0.2, 0) is 4.79 Å². The molecule has 1 aliphatic carbocycles. The van der Waals surface area contributed by atoms with E-state index < -0.39 is 5.97 Å². The third kappa shape index (κ3) is 4.24. The summed E-state index contributed by atoms with van der Waals surface area (Å²) < 4.78 is 5.97. The summed E-state index contributed by atoms with van der Waals surface area (Å²) in [5.41, 5.74) is 0.0400. The van der Waals surface area contributed by atoms with E-state index in [1.165, 1.54) is 12.1 Å². The largest absolute Gasteiger partial charge is 0.483 e. The number of hydrogen-bond donors (Lipinski definition) is 2. The highest BCUT2D eigenvalue weighted by Gasteiger charge is 2.21. The highest BCUT2D eigenvalue weighted by molar-refractivity contribution is 9.10. The van der Waals surface area contributed by atoms with E-state index in [2.05, 4.69) is 21.2 Å². The fourth-order valence-electron chi connectivity index (χ4n) is 1.57. The second kappa shape index (κ2) is 6.06. The minimum absolute atomic E-state index is 0.0400. The van der Waals surface area contributed by atoms with E-state index >= 15 is 0 Å². The lowest BCUT2D eigenvalue weighted by molar-refractivity contribution is -0.123. The quantitative estimate of drug-likeness (QED) is 0.838. The second-order valence-electron chi connectivity index (χ2n) is 4.48. The summed E-state index contributed by atoms with van der Waals surface area (Å²) in [6, 6.07) is 4.59. The van der Waals surface area contributed by atoms with Gasteiger partial charge in [-0.1, -0.05) is 15.9 Å². The molecule has 5 nitrogen and oxygen atoms in total. The van der Waals surface area contributed by atoms with Crippen LogP contribution in [0.1, 0.15) is 23.2 Å². The topological polar surface area (TPSA) is 75.6 Å². The minimum atomic E-state index is -1.08. The number of aromatic carboxylic acids is 1. The van der Waals surface area contributed by atoms with Crippen LogP contribution in [0.4, 0.5) is 0 Å². The van der Waals surface area contributed by atoms with Crippen LogP contribution in [0, 0.1) is 5.92 Å². The molecule has 102 valence electrons. The molecule has 0 atom stereocenters. The summed E-state index contributed by atoms with van der Waals surface area (Å²) in [4.78, 5) is 22.5. The first kappa shape index (κ1) is 13.9. The van der Waals surface area contributed by atoms with Crippen molar-refractivity contribution >= 4 is 27.8 Å². The molecular formula is C13H14BrNO4. The third-order valence-electron chi connectivity index (χ3n) is 2.82. The Morgan fingerprint density at radius 3 is 2.79 bits per heavy atom. The average molecular weight is 328 g/mol. The maximum Gasteiger partial charge on any atom is 0.339 e. The van der Waals surface area contributed by atoms with Crippen LogP contribution in [0.2, 0.25) is 0 Å². The molecule has 0 bridgehead atoms. The Morgan fingerprint density at radius 2 is 2.16 bits per heavy atom. The number of nitrogens with one attached hydrogen (secondary N) is 1. The molecule has 1 amide bonds. The zero-order chi connectivity index (χ0) is 13.8. The number of carbonyl (C=O) groups excluding carboxylic acids is 1. The lowest BCUT2D eigenvalue weighted by atomic mass is 10.2. The van der Waals surface area contributed by atoms with Gasteiger partial charge in [0.15, 0.2) is 6.61 Å². The molecule has 0 aromatic heterocycles. The molecule has 0 spiro atoms. The maximum absolute atomic E-state index is 11.5. The van der Waals surface area contributed by atoms with E-state index in [0.29, 0.717) is 16.9 Å². The van der Waals surface area contributed by atoms with Crippen LogP contribution in [0.15, 0.2) is 22.7 Å². The third-order valence-corrected chi connectivity index (χ3v) is 3.31. The smallest absolute Gasteiger partial charge is 0.339 e. The van der Waals surface area contributed by atoms with Gasteiger partial charge in [0.25, 0.3) is 5.91 Å². The number of carboxylic acid groups (broad SMARTS) is 1. The van der Waals surface area contributed by atoms with E-state index in [9.17, 15) is 9.59 Å². The standard InChI is InChI=1S/C13H14BrNO4/c14-9-3-4-10(13(17)18)11(5-9)19-7-12(16)15-6-8-1-2-8/h3-5,8H,1-2,6-7H2,(H,15,16)(H,17,18). The van der Waals surface area contributed by atoms with Gasteiger partial charge in [0.1, 0.15) is 11.3 Å². The van der Waals surface area contributed by atoms with Gasteiger partial charge in [-0.2, -0.15) is 0 Å². The van der Waals surface area contributed by atoms with Gasteiger partial charge in [-0.3, -0.25) is 4.79 Å². The molecule has 0 aliphatic heterocycles. The molecule has 2 rings (SSSR count). The SMILES string of the molecule is O=C(COc1cc(Br)ccc1C(=O)O)NCC1CC1. The van der Waals surface area contributed by atoms with Crippen LogP contribution in [-0.4, -0.2) is 30.1 Å². The number of rotatable bonds is 6. The lowest BCUT2D eigenvalue weighted by Crippen LogP contribution is -2.30. The molecular weight excluding hydrogens is 314 g/mol. The molecule has 1 fully saturated rings. The van der Waals surface area contributed by atoms with Crippen molar-refractivity contribution in [3.63, 3.8) is 0 Å². The van der Waals surface area contributed by atoms with Gasteiger partial charge in [-0.25, -0.2) is 4.79 Å². The predicted octanol–water partition coefficient (Wildman–Crippen LogP) is 2.05. The predicted molar refractivity (Wildman–Crippen MR) is 72.3 cm³/mol. The summed E-state index contributed by atoms with van der Waals surface area (Å²) in [6.07, 6.45) is 2.33. The fraction of sp³-hybridized carbons (Fsp3) is 0.385. The Bertz CT molecular complexity index is 499. The van der Waals surface area contributed by atoms with Gasteiger partial charge < -0.3 is 15.2 Å². The number of carbonyl (C=O) groups is 2. The molecule has 0 saturated heterocycles. The first-order valence-electron chi connectivity index (χ1n) is 5.98. The van der Waals surface area contributed by atoms with E-state index in [-0.39, 0.29) is 23.8 Å².